The van der Waals surface area contributed by atoms with E-state index >= 15 is 0 Å². The van der Waals surface area contributed by atoms with E-state index in [0.29, 0.717) is 19.4 Å². The number of hydrogen-bond donors (Lipinski definition) is 0. The number of ether oxygens (including phenoxy) is 1. The average Bonchev–Trinajstić information content (AvgIpc) is 2.68. The molecule has 0 radical (unpaired) electrons. The number of carbonyl (C=O) groups is 2. The monoisotopic (exact) mass is 365 g/mol. The van der Waals surface area contributed by atoms with Crippen molar-refractivity contribution in [3.63, 3.8) is 0 Å². The van der Waals surface area contributed by atoms with Crippen LogP contribution in [-0.2, 0) is 9.59 Å². The Balaban J connectivity index is 1.81. The highest BCUT2D eigenvalue weighted by molar-refractivity contribution is 6.06. The van der Waals surface area contributed by atoms with E-state index in [1.807, 2.05) is 31.3 Å². The molecule has 3 aliphatic rings. The van der Waals surface area contributed by atoms with Crippen LogP contribution in [0.2, 0.25) is 0 Å². The number of carbonyl (C=O) groups excluding carboxylic acids is 2. The number of ketones is 2. The van der Waals surface area contributed by atoms with Gasteiger partial charge in [0.15, 0.2) is 11.6 Å². The Morgan fingerprint density at radius 1 is 0.926 bits per heavy atom. The number of nitrogens with zero attached hydrogens (tertiary/aromatic N) is 1. The van der Waals surface area contributed by atoms with E-state index in [9.17, 15) is 9.59 Å². The van der Waals surface area contributed by atoms with Crippen LogP contribution < -0.4 is 4.74 Å². The van der Waals surface area contributed by atoms with Crippen molar-refractivity contribution in [1.82, 2.24) is 4.90 Å². The first-order valence-corrected chi connectivity index (χ1v) is 10.1. The minimum Gasteiger partial charge on any atom is -0.494 e. The van der Waals surface area contributed by atoms with Crippen LogP contribution in [0.5, 0.6) is 5.75 Å². The van der Waals surface area contributed by atoms with Gasteiger partial charge in [-0.05, 0) is 49.8 Å². The highest BCUT2D eigenvalue weighted by atomic mass is 16.5. The van der Waals surface area contributed by atoms with Gasteiger partial charge in [0.1, 0.15) is 5.75 Å². The molecule has 4 rings (SSSR count). The predicted molar refractivity (Wildman–Crippen MR) is 105 cm³/mol. The Kier molecular flexibility index (Phi) is 4.90. The molecule has 4 nitrogen and oxygen atoms in total. The summed E-state index contributed by atoms with van der Waals surface area (Å²) in [6, 6.07) is 7.98. The summed E-state index contributed by atoms with van der Waals surface area (Å²) in [6.07, 6.45) is 5.75. The summed E-state index contributed by atoms with van der Waals surface area (Å²) < 4.78 is 5.70. The van der Waals surface area contributed by atoms with Crippen LogP contribution in [-0.4, -0.2) is 30.1 Å². The predicted octanol–water partition coefficient (Wildman–Crippen LogP) is 4.52. The zero-order valence-corrected chi connectivity index (χ0v) is 16.2. The molecule has 0 N–H and O–H groups in total. The van der Waals surface area contributed by atoms with E-state index in [2.05, 4.69) is 11.8 Å². The lowest BCUT2D eigenvalue weighted by Gasteiger charge is -2.42. The second-order valence-electron chi connectivity index (χ2n) is 7.68. The van der Waals surface area contributed by atoms with E-state index in [1.54, 1.807) is 0 Å². The lowest BCUT2D eigenvalue weighted by molar-refractivity contribution is -0.117. The molecule has 0 bridgehead atoms. The molecule has 1 aromatic rings. The maximum absolute atomic E-state index is 12.9. The third-order valence-electron chi connectivity index (χ3n) is 5.93. The van der Waals surface area contributed by atoms with Gasteiger partial charge in [-0.3, -0.25) is 9.59 Å². The van der Waals surface area contributed by atoms with Gasteiger partial charge in [0.2, 0.25) is 0 Å². The van der Waals surface area contributed by atoms with Crippen LogP contribution in [0.25, 0.3) is 0 Å². The van der Waals surface area contributed by atoms with E-state index in [1.165, 1.54) is 0 Å². The molecule has 0 atom stereocenters. The van der Waals surface area contributed by atoms with Crippen molar-refractivity contribution in [1.29, 1.82) is 0 Å². The van der Waals surface area contributed by atoms with Crippen molar-refractivity contribution in [3.05, 3.63) is 52.4 Å². The lowest BCUT2D eigenvalue weighted by atomic mass is 9.71. The molecule has 1 aromatic carbocycles. The molecule has 0 unspecified atom stereocenters. The van der Waals surface area contributed by atoms with Crippen LogP contribution in [0.1, 0.15) is 63.4 Å². The van der Waals surface area contributed by atoms with Gasteiger partial charge >= 0.3 is 0 Å². The van der Waals surface area contributed by atoms with Gasteiger partial charge in [0, 0.05) is 48.3 Å². The fourth-order valence-electron chi connectivity index (χ4n) is 4.66. The molecule has 0 saturated heterocycles. The van der Waals surface area contributed by atoms with Crippen LogP contribution >= 0.6 is 0 Å². The summed E-state index contributed by atoms with van der Waals surface area (Å²) in [5, 5.41) is 0. The van der Waals surface area contributed by atoms with Crippen LogP contribution in [0.15, 0.2) is 46.8 Å². The maximum atomic E-state index is 12.9. The van der Waals surface area contributed by atoms with Crippen molar-refractivity contribution in [2.75, 3.05) is 13.7 Å². The smallest absolute Gasteiger partial charge is 0.161 e. The van der Waals surface area contributed by atoms with Crippen molar-refractivity contribution in [2.24, 2.45) is 0 Å². The van der Waals surface area contributed by atoms with Crippen molar-refractivity contribution >= 4 is 11.6 Å². The fourth-order valence-corrected chi connectivity index (χ4v) is 4.66. The van der Waals surface area contributed by atoms with Crippen LogP contribution in [0.4, 0.5) is 0 Å². The molecule has 0 amide bonds. The molecular formula is C23H27NO3. The van der Waals surface area contributed by atoms with E-state index in [-0.39, 0.29) is 17.5 Å². The first-order valence-electron chi connectivity index (χ1n) is 10.1. The molecule has 4 heteroatoms. The topological polar surface area (TPSA) is 46.6 Å². The highest BCUT2D eigenvalue weighted by Crippen LogP contribution is 2.48. The third-order valence-corrected chi connectivity index (χ3v) is 5.93. The molecular weight excluding hydrogens is 338 g/mol. The van der Waals surface area contributed by atoms with Gasteiger partial charge in [-0.2, -0.15) is 0 Å². The summed E-state index contributed by atoms with van der Waals surface area (Å²) in [4.78, 5) is 28.0. The third kappa shape index (κ3) is 3.11. The van der Waals surface area contributed by atoms with Gasteiger partial charge in [0.05, 0.1) is 6.61 Å². The average molecular weight is 365 g/mol. The van der Waals surface area contributed by atoms with Crippen LogP contribution in [0.3, 0.4) is 0 Å². The quantitative estimate of drug-likeness (QED) is 0.787. The molecule has 142 valence electrons. The molecule has 2 aliphatic carbocycles. The van der Waals surface area contributed by atoms with E-state index < -0.39 is 0 Å². The molecule has 1 aliphatic heterocycles. The zero-order valence-electron chi connectivity index (χ0n) is 16.2. The molecule has 27 heavy (non-hydrogen) atoms. The first kappa shape index (κ1) is 18.0. The Bertz CT molecular complexity index is 788. The Labute approximate surface area is 160 Å². The zero-order chi connectivity index (χ0) is 19.0. The fraction of sp³-hybridized carbons (Fsp3) is 0.478. The lowest BCUT2D eigenvalue weighted by Crippen LogP contribution is -2.37. The molecule has 0 fully saturated rings. The van der Waals surface area contributed by atoms with Gasteiger partial charge in [0.25, 0.3) is 0 Å². The molecule has 0 saturated carbocycles. The molecule has 0 aromatic heterocycles. The van der Waals surface area contributed by atoms with Gasteiger partial charge in [-0.15, -0.1) is 0 Å². The van der Waals surface area contributed by atoms with E-state index in [4.69, 9.17) is 4.74 Å². The minimum absolute atomic E-state index is 0.198. The van der Waals surface area contributed by atoms with Crippen LogP contribution in [0, 0.1) is 0 Å². The second-order valence-corrected chi connectivity index (χ2v) is 7.68. The first-order chi connectivity index (χ1) is 13.1. The number of benzene rings is 1. The Morgan fingerprint density at radius 2 is 1.48 bits per heavy atom. The molecule has 1 heterocycles. The number of Topliss-reactive ketones (excluding diaryl/α,β-unsaturated/α-hetero) is 2. The highest BCUT2D eigenvalue weighted by Gasteiger charge is 2.42. The summed E-state index contributed by atoms with van der Waals surface area (Å²) in [6.45, 7) is 2.77. The number of allylic oxidation sites excluding steroid dienone is 4. The molecule has 0 spiro atoms. The van der Waals surface area contributed by atoms with Gasteiger partial charge in [-0.1, -0.05) is 19.1 Å². The minimum atomic E-state index is -0.216. The van der Waals surface area contributed by atoms with Gasteiger partial charge < -0.3 is 9.64 Å². The van der Waals surface area contributed by atoms with E-state index in [0.717, 1.165) is 66.0 Å². The summed E-state index contributed by atoms with van der Waals surface area (Å²) >= 11 is 0. The summed E-state index contributed by atoms with van der Waals surface area (Å²) in [7, 11) is 2.03. The SMILES string of the molecule is CCCOc1ccc(C2C3=C(CCCC3=O)N(C)C3=C2C(=O)CCC3)cc1. The van der Waals surface area contributed by atoms with Gasteiger partial charge in [-0.25, -0.2) is 0 Å². The number of hydrogen-bond acceptors (Lipinski definition) is 4. The largest absolute Gasteiger partial charge is 0.494 e. The maximum Gasteiger partial charge on any atom is 0.161 e. The van der Waals surface area contributed by atoms with Crippen molar-refractivity contribution in [3.8, 4) is 5.75 Å². The standard InChI is InChI=1S/C23H27NO3/c1-3-14-27-16-12-10-15(11-13-16)21-22-17(6-4-8-19(22)25)24(2)18-7-5-9-20(26)23(18)21/h10-13,21H,3-9,14H2,1-2H3. The summed E-state index contributed by atoms with van der Waals surface area (Å²) in [5.74, 6) is 1.02. The summed E-state index contributed by atoms with van der Waals surface area (Å²) in [5.41, 5.74) is 4.96. The normalized spacial score (nSPS) is 20.7. The second kappa shape index (κ2) is 7.34. The van der Waals surface area contributed by atoms with Crippen molar-refractivity contribution in [2.45, 2.75) is 57.8 Å². The number of rotatable bonds is 4. The Morgan fingerprint density at radius 3 is 2.00 bits per heavy atom. The van der Waals surface area contributed by atoms with Crippen molar-refractivity contribution < 1.29 is 14.3 Å². The Hall–Kier alpha value is -2.36.